The van der Waals surface area contributed by atoms with Crippen molar-refractivity contribution >= 4 is 27.6 Å². The average Bonchev–Trinajstić information content (AvgIpc) is 2.41. The first-order valence-corrected chi connectivity index (χ1v) is 7.34. The van der Waals surface area contributed by atoms with Crippen LogP contribution in [0.5, 0.6) is 0 Å². The van der Waals surface area contributed by atoms with E-state index < -0.39 is 5.97 Å². The largest absolute Gasteiger partial charge is 0.478 e. The highest BCUT2D eigenvalue weighted by molar-refractivity contribution is 9.10. The van der Waals surface area contributed by atoms with E-state index in [9.17, 15) is 4.79 Å². The number of carbonyl (C=O) groups is 1. The van der Waals surface area contributed by atoms with E-state index in [4.69, 9.17) is 9.84 Å². The van der Waals surface area contributed by atoms with Crippen LogP contribution < -0.4 is 5.32 Å². The fourth-order valence-corrected chi connectivity index (χ4v) is 2.61. The van der Waals surface area contributed by atoms with Crippen molar-refractivity contribution in [2.45, 2.75) is 31.8 Å². The second-order valence-corrected chi connectivity index (χ2v) is 5.61. The number of benzene rings is 1. The number of hydrogen-bond acceptors (Lipinski definition) is 3. The van der Waals surface area contributed by atoms with Crippen LogP contribution >= 0.6 is 15.9 Å². The van der Waals surface area contributed by atoms with Gasteiger partial charge in [0, 0.05) is 23.3 Å². The summed E-state index contributed by atoms with van der Waals surface area (Å²) in [5, 5.41) is 12.3. The van der Waals surface area contributed by atoms with Crippen molar-refractivity contribution < 1.29 is 14.6 Å². The van der Waals surface area contributed by atoms with E-state index in [1.54, 1.807) is 12.1 Å². The Bertz CT molecular complexity index is 444. The van der Waals surface area contributed by atoms with Crippen molar-refractivity contribution in [1.82, 2.24) is 0 Å². The summed E-state index contributed by atoms with van der Waals surface area (Å²) in [5.41, 5.74) is 0.949. The van der Waals surface area contributed by atoms with Crippen LogP contribution in [0.15, 0.2) is 22.7 Å². The molecule has 0 aromatic heterocycles. The van der Waals surface area contributed by atoms with Crippen molar-refractivity contribution in [2.75, 3.05) is 18.5 Å². The predicted molar refractivity (Wildman–Crippen MR) is 77.8 cm³/mol. The van der Waals surface area contributed by atoms with Crippen LogP contribution in [-0.4, -0.2) is 30.3 Å². The maximum atomic E-state index is 11.2. The molecular weight excluding hydrogens is 310 g/mol. The fourth-order valence-electron chi connectivity index (χ4n) is 2.25. The van der Waals surface area contributed by atoms with Crippen LogP contribution in [0.2, 0.25) is 0 Å². The zero-order chi connectivity index (χ0) is 13.7. The number of carboxylic acids is 1. The Morgan fingerprint density at radius 2 is 2.32 bits per heavy atom. The Balaban J connectivity index is 1.89. The van der Waals surface area contributed by atoms with Gasteiger partial charge in [-0.15, -0.1) is 0 Å². The van der Waals surface area contributed by atoms with Crippen LogP contribution in [0.25, 0.3) is 0 Å². The van der Waals surface area contributed by atoms with Gasteiger partial charge in [-0.2, -0.15) is 0 Å². The number of carboxylic acid groups (broad SMARTS) is 1. The molecule has 2 rings (SSSR count). The van der Waals surface area contributed by atoms with Crippen molar-refractivity contribution in [3.8, 4) is 0 Å². The van der Waals surface area contributed by atoms with Gasteiger partial charge < -0.3 is 15.2 Å². The molecule has 1 fully saturated rings. The summed E-state index contributed by atoms with van der Waals surface area (Å²) in [4.78, 5) is 11.2. The molecule has 1 unspecified atom stereocenters. The zero-order valence-corrected chi connectivity index (χ0v) is 12.3. The maximum Gasteiger partial charge on any atom is 0.337 e. The third-order valence-electron chi connectivity index (χ3n) is 3.27. The number of halogens is 1. The molecule has 5 heteroatoms. The van der Waals surface area contributed by atoms with E-state index >= 15 is 0 Å². The number of anilines is 1. The quantitative estimate of drug-likeness (QED) is 0.868. The first-order valence-electron chi connectivity index (χ1n) is 6.55. The molecule has 0 spiro atoms. The molecule has 19 heavy (non-hydrogen) atoms. The lowest BCUT2D eigenvalue weighted by Crippen LogP contribution is -2.22. The van der Waals surface area contributed by atoms with Crippen molar-refractivity contribution in [3.63, 3.8) is 0 Å². The highest BCUT2D eigenvalue weighted by atomic mass is 79.9. The van der Waals surface area contributed by atoms with Crippen LogP contribution in [-0.2, 0) is 4.74 Å². The van der Waals surface area contributed by atoms with Gasteiger partial charge in [-0.05, 0) is 43.9 Å². The van der Waals surface area contributed by atoms with Gasteiger partial charge in [0.15, 0.2) is 0 Å². The molecule has 1 saturated heterocycles. The van der Waals surface area contributed by atoms with Gasteiger partial charge in [0.1, 0.15) is 0 Å². The second-order valence-electron chi connectivity index (χ2n) is 4.70. The Hall–Kier alpha value is -1.07. The number of hydrogen-bond donors (Lipinski definition) is 2. The molecule has 4 nitrogen and oxygen atoms in total. The van der Waals surface area contributed by atoms with Crippen LogP contribution in [0.3, 0.4) is 0 Å². The highest BCUT2D eigenvalue weighted by Crippen LogP contribution is 2.22. The van der Waals surface area contributed by atoms with Crippen LogP contribution in [0.1, 0.15) is 36.0 Å². The Morgan fingerprint density at radius 1 is 1.47 bits per heavy atom. The molecule has 1 aromatic rings. The van der Waals surface area contributed by atoms with Gasteiger partial charge in [-0.3, -0.25) is 0 Å². The Kier molecular flexibility index (Phi) is 5.22. The van der Waals surface area contributed by atoms with Crippen molar-refractivity contribution in [1.29, 1.82) is 0 Å². The van der Waals surface area contributed by atoms with E-state index in [2.05, 4.69) is 21.2 Å². The smallest absolute Gasteiger partial charge is 0.337 e. The second kappa shape index (κ2) is 6.91. The van der Waals surface area contributed by atoms with Gasteiger partial charge in [-0.25, -0.2) is 4.79 Å². The van der Waals surface area contributed by atoms with Gasteiger partial charge in [0.2, 0.25) is 0 Å². The van der Waals surface area contributed by atoms with E-state index in [1.807, 2.05) is 6.07 Å². The summed E-state index contributed by atoms with van der Waals surface area (Å²) < 4.78 is 6.42. The number of aromatic carboxylic acids is 1. The SMILES string of the molecule is O=C(O)c1cc(Br)ccc1NCCC1CCCCO1. The fraction of sp³-hybridized carbons (Fsp3) is 0.500. The molecular formula is C14H18BrNO3. The number of ether oxygens (including phenoxy) is 1. The minimum absolute atomic E-state index is 0.291. The third-order valence-corrected chi connectivity index (χ3v) is 3.76. The topological polar surface area (TPSA) is 58.6 Å². The molecule has 1 aromatic carbocycles. The molecule has 1 aliphatic heterocycles. The number of rotatable bonds is 5. The first kappa shape index (κ1) is 14.3. The monoisotopic (exact) mass is 327 g/mol. The normalized spacial score (nSPS) is 19.1. The van der Waals surface area contributed by atoms with E-state index in [0.717, 1.165) is 36.9 Å². The van der Waals surface area contributed by atoms with Gasteiger partial charge in [0.25, 0.3) is 0 Å². The predicted octanol–water partition coefficient (Wildman–Crippen LogP) is 3.52. The lowest BCUT2D eigenvalue weighted by Gasteiger charge is -2.22. The van der Waals surface area contributed by atoms with E-state index in [0.29, 0.717) is 17.4 Å². The number of nitrogens with one attached hydrogen (secondary N) is 1. The summed E-state index contributed by atoms with van der Waals surface area (Å²) in [7, 11) is 0. The van der Waals surface area contributed by atoms with E-state index in [1.165, 1.54) is 6.42 Å². The Labute approximate surface area is 121 Å². The van der Waals surface area contributed by atoms with E-state index in [-0.39, 0.29) is 0 Å². The molecule has 2 N–H and O–H groups in total. The average molecular weight is 328 g/mol. The lowest BCUT2D eigenvalue weighted by molar-refractivity contribution is 0.0134. The van der Waals surface area contributed by atoms with Crippen molar-refractivity contribution in [2.24, 2.45) is 0 Å². The minimum Gasteiger partial charge on any atom is -0.478 e. The summed E-state index contributed by atoms with van der Waals surface area (Å²) in [6.07, 6.45) is 4.71. The molecule has 1 atom stereocenters. The summed E-state index contributed by atoms with van der Waals surface area (Å²) >= 11 is 3.28. The summed E-state index contributed by atoms with van der Waals surface area (Å²) in [5.74, 6) is -0.919. The zero-order valence-electron chi connectivity index (χ0n) is 10.7. The molecule has 0 radical (unpaired) electrons. The van der Waals surface area contributed by atoms with Crippen LogP contribution in [0, 0.1) is 0 Å². The van der Waals surface area contributed by atoms with Crippen LogP contribution in [0.4, 0.5) is 5.69 Å². The molecule has 1 heterocycles. The molecule has 1 aliphatic rings. The molecule has 0 aliphatic carbocycles. The van der Waals surface area contributed by atoms with Gasteiger partial charge in [0.05, 0.1) is 11.7 Å². The lowest BCUT2D eigenvalue weighted by atomic mass is 10.1. The minimum atomic E-state index is -0.919. The highest BCUT2D eigenvalue weighted by Gasteiger charge is 2.14. The third kappa shape index (κ3) is 4.21. The molecule has 0 saturated carbocycles. The molecule has 0 bridgehead atoms. The summed E-state index contributed by atoms with van der Waals surface area (Å²) in [6, 6.07) is 5.24. The Morgan fingerprint density at radius 3 is 3.00 bits per heavy atom. The first-order chi connectivity index (χ1) is 9.16. The van der Waals surface area contributed by atoms with Crippen molar-refractivity contribution in [3.05, 3.63) is 28.2 Å². The summed E-state index contributed by atoms with van der Waals surface area (Å²) in [6.45, 7) is 1.58. The van der Waals surface area contributed by atoms with Gasteiger partial charge >= 0.3 is 5.97 Å². The molecule has 0 amide bonds. The van der Waals surface area contributed by atoms with Gasteiger partial charge in [-0.1, -0.05) is 15.9 Å². The standard InChI is InChI=1S/C14H18BrNO3/c15-10-4-5-13(12(9-10)14(17)18)16-7-6-11-3-1-2-8-19-11/h4-5,9,11,16H,1-3,6-8H2,(H,17,18). The molecule has 104 valence electrons. The maximum absolute atomic E-state index is 11.2.